The van der Waals surface area contributed by atoms with E-state index in [1.807, 2.05) is 0 Å². The molecule has 0 radical (unpaired) electrons. The minimum absolute atomic E-state index is 0.0563. The fraction of sp³-hybridized carbons (Fsp3) is 1.00. The Hall–Kier alpha value is 1.91. The van der Waals surface area contributed by atoms with E-state index in [0.29, 0.717) is 22.7 Å². The van der Waals surface area contributed by atoms with Crippen LogP contribution in [0.1, 0.15) is 6.92 Å². The molecule has 1 saturated heterocycles. The smallest absolute Gasteiger partial charge is 0.343 e. The Morgan fingerprint density at radius 2 is 2.23 bits per heavy atom. The average molecular weight is 326 g/mol. The Morgan fingerprint density at radius 1 is 1.54 bits per heavy atom. The Bertz CT molecular complexity index is 158. The molecule has 2 atom stereocenters. The van der Waals surface area contributed by atoms with E-state index in [4.69, 9.17) is 37.7 Å². The molecule has 0 aliphatic carbocycles. The van der Waals surface area contributed by atoms with Gasteiger partial charge in [-0.05, 0) is 5.54 Å². The molecule has 78 valence electrons. The molecule has 0 amide bonds. The highest BCUT2D eigenvalue weighted by molar-refractivity contribution is 7.65. The second kappa shape index (κ2) is 5.85. The number of hydrogen-bond donors (Lipinski definition) is 0. The molecule has 1 aliphatic rings. The highest BCUT2D eigenvalue weighted by Crippen LogP contribution is 2.36. The molecule has 1 nitrogen and oxygen atoms in total. The Balaban J connectivity index is 2.30. The summed E-state index contributed by atoms with van der Waals surface area (Å²) in [6.07, 6.45) is 1.14. The summed E-state index contributed by atoms with van der Waals surface area (Å²) in [5, 5.41) is 0. The van der Waals surface area contributed by atoms with Crippen molar-refractivity contribution in [1.82, 2.24) is 0 Å². The molecule has 2 unspecified atom stereocenters. The zero-order valence-corrected chi connectivity index (χ0v) is 16.4. The SMILES string of the molecule is CC(C[SiH]1CO[SiH2][SiH2][SiH2]1)[Si](Cl)(Cl)Cl. The first kappa shape index (κ1) is 13.0. The lowest BCUT2D eigenvalue weighted by Crippen LogP contribution is -2.43. The predicted octanol–water partition coefficient (Wildman–Crippen LogP) is -0.424. The first-order chi connectivity index (χ1) is 6.00. The molecule has 0 saturated carbocycles. The normalized spacial score (nSPS) is 32.8. The lowest BCUT2D eigenvalue weighted by molar-refractivity contribution is 0.417. The zero-order valence-electron chi connectivity index (χ0n) is 7.73. The molecule has 0 N–H and O–H groups in total. The summed E-state index contributed by atoms with van der Waals surface area (Å²) in [6.45, 7) is 2.12. The molecular weight excluding hydrogens is 311 g/mol. The van der Waals surface area contributed by atoms with Crippen LogP contribution in [-0.2, 0) is 4.43 Å². The summed E-state index contributed by atoms with van der Waals surface area (Å²) >= 11 is 18.0. The van der Waals surface area contributed by atoms with E-state index in [9.17, 15) is 0 Å². The average Bonchev–Trinajstić information content (AvgIpc) is 2.04. The first-order valence-corrected chi connectivity index (χ1v) is 23.2. The van der Waals surface area contributed by atoms with Gasteiger partial charge in [-0.15, -0.1) is 33.2 Å². The lowest BCUT2D eigenvalue weighted by atomic mass is 10.6. The van der Waals surface area contributed by atoms with Gasteiger partial charge in [0.1, 0.15) is 9.28 Å². The molecule has 1 aliphatic heterocycles. The molecule has 1 rings (SSSR count). The van der Waals surface area contributed by atoms with E-state index in [1.54, 1.807) is 0 Å². The molecule has 0 spiro atoms. The van der Waals surface area contributed by atoms with Crippen molar-refractivity contribution < 1.29 is 4.43 Å². The van der Waals surface area contributed by atoms with Crippen LogP contribution in [0.2, 0.25) is 11.6 Å². The quantitative estimate of drug-likeness (QED) is 0.506. The van der Waals surface area contributed by atoms with Crippen molar-refractivity contribution in [3.63, 3.8) is 0 Å². The Morgan fingerprint density at radius 3 is 2.69 bits per heavy atom. The Kier molecular flexibility index (Phi) is 5.84. The van der Waals surface area contributed by atoms with Gasteiger partial charge in [0.2, 0.25) is 0 Å². The van der Waals surface area contributed by atoms with E-state index in [1.165, 1.54) is 6.04 Å². The fourth-order valence-corrected chi connectivity index (χ4v) is 52.4. The van der Waals surface area contributed by atoms with Gasteiger partial charge in [0.05, 0.1) is 8.31 Å². The van der Waals surface area contributed by atoms with Crippen LogP contribution in [0.4, 0.5) is 0 Å². The molecule has 0 aromatic rings. The third-order valence-electron chi connectivity index (χ3n) is 2.50. The van der Waals surface area contributed by atoms with Gasteiger partial charge in [-0.25, -0.2) is 0 Å². The van der Waals surface area contributed by atoms with E-state index in [2.05, 4.69) is 6.92 Å². The molecule has 13 heavy (non-hydrogen) atoms. The van der Waals surface area contributed by atoms with Gasteiger partial charge in [0.15, 0.2) is 0 Å². The van der Waals surface area contributed by atoms with Crippen LogP contribution in [0.3, 0.4) is 0 Å². The zero-order chi connectivity index (χ0) is 9.90. The number of hydrogen-bond acceptors (Lipinski definition) is 1. The van der Waals surface area contributed by atoms with Crippen LogP contribution in [-0.4, -0.2) is 46.9 Å². The van der Waals surface area contributed by atoms with Crippen LogP contribution in [0.25, 0.3) is 0 Å². The molecular formula is C4H15Cl3OSi5. The third-order valence-corrected chi connectivity index (χ3v) is 44.0. The second-order valence-corrected chi connectivity index (χ2v) is 37.7. The maximum atomic E-state index is 5.99. The molecule has 9 heteroatoms. The summed E-state index contributed by atoms with van der Waals surface area (Å²) in [6, 6.07) is -1.14. The van der Waals surface area contributed by atoms with Crippen molar-refractivity contribution in [1.29, 1.82) is 0 Å². The molecule has 0 aromatic carbocycles. The topological polar surface area (TPSA) is 9.23 Å². The lowest BCUT2D eigenvalue weighted by Gasteiger charge is -2.25. The second-order valence-electron chi connectivity index (χ2n) is 3.76. The van der Waals surface area contributed by atoms with Crippen LogP contribution in [0.15, 0.2) is 0 Å². The van der Waals surface area contributed by atoms with Gasteiger partial charge < -0.3 is 4.43 Å². The van der Waals surface area contributed by atoms with Crippen molar-refractivity contribution >= 4 is 73.9 Å². The van der Waals surface area contributed by atoms with Crippen LogP contribution in [0, 0.1) is 0 Å². The predicted molar refractivity (Wildman–Crippen MR) is 76.3 cm³/mol. The van der Waals surface area contributed by atoms with Gasteiger partial charge in [-0.3, -0.25) is 0 Å². The summed E-state index contributed by atoms with van der Waals surface area (Å²) in [4.78, 5) is 0. The minimum Gasteiger partial charge on any atom is -0.432 e. The monoisotopic (exact) mass is 324 g/mol. The number of rotatable bonds is 3. The van der Waals surface area contributed by atoms with Crippen LogP contribution < -0.4 is 0 Å². The molecule has 1 fully saturated rings. The van der Waals surface area contributed by atoms with Crippen molar-refractivity contribution in [3.8, 4) is 0 Å². The van der Waals surface area contributed by atoms with E-state index >= 15 is 0 Å². The van der Waals surface area contributed by atoms with E-state index in [-0.39, 0.29) is 9.28 Å². The summed E-state index contributed by atoms with van der Waals surface area (Å²) in [5.74, 6) is 0. The summed E-state index contributed by atoms with van der Waals surface area (Å²) < 4.78 is 5.68. The standard InChI is InChI=1S/C4H15Cl3OSi5/c1-4(13(5,6)7)2-12-3-8-9-10-11-12/h4,12H,2-3,9-11H2,1H3. The first-order valence-electron chi connectivity index (χ1n) is 4.64. The van der Waals surface area contributed by atoms with Gasteiger partial charge >= 0.3 is 6.00 Å². The fourth-order valence-electron chi connectivity index (χ4n) is 1.63. The summed E-state index contributed by atoms with van der Waals surface area (Å²) in [7, 11) is 0.327. The van der Waals surface area contributed by atoms with Crippen LogP contribution in [0.5, 0.6) is 0 Å². The minimum atomic E-state index is -2.40. The summed E-state index contributed by atoms with van der Waals surface area (Å²) in [5.41, 5.74) is 0.374. The number of halogens is 3. The maximum Gasteiger partial charge on any atom is 0.343 e. The molecule has 1 heterocycles. The Labute approximate surface area is 103 Å². The van der Waals surface area contributed by atoms with Crippen molar-refractivity contribution in [3.05, 3.63) is 0 Å². The molecule has 0 aromatic heterocycles. The van der Waals surface area contributed by atoms with Gasteiger partial charge in [-0.2, -0.15) is 0 Å². The largest absolute Gasteiger partial charge is 0.432 e. The van der Waals surface area contributed by atoms with Crippen molar-refractivity contribution in [2.75, 3.05) is 6.23 Å². The third kappa shape index (κ3) is 4.98. The van der Waals surface area contributed by atoms with Crippen molar-refractivity contribution in [2.24, 2.45) is 0 Å². The van der Waals surface area contributed by atoms with E-state index in [0.717, 1.165) is 6.23 Å². The maximum absolute atomic E-state index is 5.99. The van der Waals surface area contributed by atoms with Crippen LogP contribution >= 0.6 is 33.2 Å². The van der Waals surface area contributed by atoms with Gasteiger partial charge in [0.25, 0.3) is 0 Å². The van der Waals surface area contributed by atoms with E-state index < -0.39 is 14.3 Å². The van der Waals surface area contributed by atoms with Crippen molar-refractivity contribution in [2.45, 2.75) is 18.5 Å². The van der Waals surface area contributed by atoms with Gasteiger partial charge in [-0.1, -0.05) is 13.0 Å². The highest BCUT2D eigenvalue weighted by atomic mass is 35.8. The van der Waals surface area contributed by atoms with Gasteiger partial charge in [0, 0.05) is 23.3 Å². The highest BCUT2D eigenvalue weighted by Gasteiger charge is 2.35. The molecule has 0 bridgehead atoms.